The Labute approximate surface area is 124 Å². The molecule has 0 unspecified atom stereocenters. The molecule has 2 rings (SSSR count). The van der Waals surface area contributed by atoms with Crippen LogP contribution >= 0.6 is 0 Å². The molecule has 0 aliphatic heterocycles. The Morgan fingerprint density at radius 1 is 1.33 bits per heavy atom. The summed E-state index contributed by atoms with van der Waals surface area (Å²) in [6.45, 7) is 6.76. The summed E-state index contributed by atoms with van der Waals surface area (Å²) in [4.78, 5) is 22.2. The normalized spacial score (nSPS) is 9.95. The minimum absolute atomic E-state index is 0.234. The fourth-order valence-electron chi connectivity index (χ4n) is 1.96. The van der Waals surface area contributed by atoms with Crippen molar-refractivity contribution in [3.8, 4) is 0 Å². The van der Waals surface area contributed by atoms with Crippen molar-refractivity contribution >= 4 is 17.4 Å². The Morgan fingerprint density at radius 3 is 2.76 bits per heavy atom. The summed E-state index contributed by atoms with van der Waals surface area (Å²) in [6.07, 6.45) is 3.03. The molecular formula is C16H18N4O. The van der Waals surface area contributed by atoms with Gasteiger partial charge in [0, 0.05) is 24.8 Å². The quantitative estimate of drug-likeness (QED) is 0.827. The molecule has 1 amide bonds. The molecule has 5 heteroatoms. The lowest BCUT2D eigenvalue weighted by Gasteiger charge is -2.22. The van der Waals surface area contributed by atoms with Gasteiger partial charge in [0.2, 0.25) is 0 Å². The van der Waals surface area contributed by atoms with Crippen LogP contribution in [0.5, 0.6) is 0 Å². The van der Waals surface area contributed by atoms with Crippen molar-refractivity contribution in [3.63, 3.8) is 0 Å². The minimum atomic E-state index is -0.234. The van der Waals surface area contributed by atoms with Crippen LogP contribution in [0.2, 0.25) is 0 Å². The molecule has 0 atom stereocenters. The summed E-state index contributed by atoms with van der Waals surface area (Å²) in [5, 5.41) is 2.71. The summed E-state index contributed by atoms with van der Waals surface area (Å²) >= 11 is 0. The maximum absolute atomic E-state index is 11.9. The molecule has 0 bridgehead atoms. The van der Waals surface area contributed by atoms with Crippen molar-refractivity contribution in [2.45, 2.75) is 6.92 Å². The standard InChI is InChI=1S/C16H18N4O/c1-3-10-17-16(21)14-11-15(19-12-18-14)20(4-2)13-8-6-5-7-9-13/h3,5-9,11-12H,1,4,10H2,2H3,(H,17,21). The molecule has 0 aliphatic carbocycles. The van der Waals surface area contributed by atoms with E-state index in [0.717, 1.165) is 12.2 Å². The van der Waals surface area contributed by atoms with E-state index in [0.29, 0.717) is 18.1 Å². The highest BCUT2D eigenvalue weighted by atomic mass is 16.1. The fraction of sp³-hybridized carbons (Fsp3) is 0.188. The van der Waals surface area contributed by atoms with Gasteiger partial charge < -0.3 is 10.2 Å². The van der Waals surface area contributed by atoms with Crippen LogP contribution in [0.1, 0.15) is 17.4 Å². The van der Waals surface area contributed by atoms with Crippen molar-refractivity contribution < 1.29 is 4.79 Å². The third-order valence-electron chi connectivity index (χ3n) is 2.95. The molecule has 21 heavy (non-hydrogen) atoms. The van der Waals surface area contributed by atoms with Gasteiger partial charge in [-0.2, -0.15) is 0 Å². The van der Waals surface area contributed by atoms with E-state index in [1.165, 1.54) is 6.33 Å². The van der Waals surface area contributed by atoms with Crippen molar-refractivity contribution in [2.75, 3.05) is 18.0 Å². The van der Waals surface area contributed by atoms with E-state index in [1.807, 2.05) is 42.2 Å². The maximum atomic E-state index is 11.9. The fourth-order valence-corrected chi connectivity index (χ4v) is 1.96. The molecule has 0 spiro atoms. The van der Waals surface area contributed by atoms with Gasteiger partial charge in [-0.15, -0.1) is 6.58 Å². The number of carbonyl (C=O) groups is 1. The van der Waals surface area contributed by atoms with Crippen molar-refractivity contribution in [1.29, 1.82) is 0 Å². The number of hydrogen-bond donors (Lipinski definition) is 1. The van der Waals surface area contributed by atoms with Crippen LogP contribution in [-0.2, 0) is 0 Å². The van der Waals surface area contributed by atoms with Gasteiger partial charge in [0.25, 0.3) is 5.91 Å². The van der Waals surface area contributed by atoms with E-state index in [1.54, 1.807) is 12.1 Å². The minimum Gasteiger partial charge on any atom is -0.347 e. The van der Waals surface area contributed by atoms with Crippen molar-refractivity contribution in [1.82, 2.24) is 15.3 Å². The second-order valence-electron chi connectivity index (χ2n) is 4.34. The Morgan fingerprint density at radius 2 is 2.10 bits per heavy atom. The summed E-state index contributed by atoms with van der Waals surface area (Å²) in [5.41, 5.74) is 1.37. The van der Waals surface area contributed by atoms with Crippen LogP contribution < -0.4 is 10.2 Å². The SMILES string of the molecule is C=CCNC(=O)c1cc(N(CC)c2ccccc2)ncn1. The number of hydrogen-bond acceptors (Lipinski definition) is 4. The third kappa shape index (κ3) is 3.66. The number of rotatable bonds is 6. The summed E-state index contributed by atoms with van der Waals surface area (Å²) in [6, 6.07) is 11.6. The van der Waals surface area contributed by atoms with Crippen LogP contribution in [-0.4, -0.2) is 29.0 Å². The predicted molar refractivity (Wildman–Crippen MR) is 83.7 cm³/mol. The largest absolute Gasteiger partial charge is 0.347 e. The van der Waals surface area contributed by atoms with Gasteiger partial charge in [-0.05, 0) is 19.1 Å². The monoisotopic (exact) mass is 282 g/mol. The van der Waals surface area contributed by atoms with Gasteiger partial charge >= 0.3 is 0 Å². The number of para-hydroxylation sites is 1. The van der Waals surface area contributed by atoms with E-state index in [-0.39, 0.29) is 5.91 Å². The average Bonchev–Trinajstić information content (AvgIpc) is 2.54. The first kappa shape index (κ1) is 14.7. The molecule has 108 valence electrons. The Balaban J connectivity index is 2.27. The number of benzene rings is 1. The van der Waals surface area contributed by atoms with E-state index in [2.05, 4.69) is 21.9 Å². The van der Waals surface area contributed by atoms with Gasteiger partial charge in [-0.1, -0.05) is 24.3 Å². The van der Waals surface area contributed by atoms with Crippen LogP contribution in [0, 0.1) is 0 Å². The molecule has 0 saturated heterocycles. The summed E-state index contributed by atoms with van der Waals surface area (Å²) < 4.78 is 0. The predicted octanol–water partition coefficient (Wildman–Crippen LogP) is 2.55. The van der Waals surface area contributed by atoms with Crippen molar-refractivity contribution in [2.24, 2.45) is 0 Å². The van der Waals surface area contributed by atoms with Crippen molar-refractivity contribution in [3.05, 3.63) is 61.1 Å². The van der Waals surface area contributed by atoms with Gasteiger partial charge in [-0.3, -0.25) is 4.79 Å². The third-order valence-corrected chi connectivity index (χ3v) is 2.95. The number of aromatic nitrogens is 2. The van der Waals surface area contributed by atoms with E-state index in [4.69, 9.17) is 0 Å². The van der Waals surface area contributed by atoms with E-state index in [9.17, 15) is 4.79 Å². The number of nitrogens with zero attached hydrogens (tertiary/aromatic N) is 3. The number of nitrogens with one attached hydrogen (secondary N) is 1. The van der Waals surface area contributed by atoms with E-state index >= 15 is 0 Å². The molecule has 1 aromatic carbocycles. The lowest BCUT2D eigenvalue weighted by molar-refractivity contribution is 0.0953. The van der Waals surface area contributed by atoms with E-state index < -0.39 is 0 Å². The second kappa shape index (κ2) is 7.19. The first-order valence-corrected chi connectivity index (χ1v) is 6.80. The zero-order valence-corrected chi connectivity index (χ0v) is 12.0. The molecule has 0 fully saturated rings. The van der Waals surface area contributed by atoms with Gasteiger partial charge in [0.15, 0.2) is 0 Å². The Kier molecular flexibility index (Phi) is 5.04. The molecule has 1 heterocycles. The highest BCUT2D eigenvalue weighted by Gasteiger charge is 2.12. The first-order valence-electron chi connectivity index (χ1n) is 6.80. The van der Waals surface area contributed by atoms with Crippen LogP contribution in [0.3, 0.4) is 0 Å². The Hall–Kier alpha value is -2.69. The molecular weight excluding hydrogens is 264 g/mol. The van der Waals surface area contributed by atoms with Gasteiger partial charge in [0.05, 0.1) is 0 Å². The smallest absolute Gasteiger partial charge is 0.270 e. The zero-order chi connectivity index (χ0) is 15.1. The van der Waals surface area contributed by atoms with Crippen LogP contribution in [0.25, 0.3) is 0 Å². The topological polar surface area (TPSA) is 58.1 Å². The molecule has 1 aromatic heterocycles. The molecule has 0 saturated carbocycles. The molecule has 1 N–H and O–H groups in total. The Bertz CT molecular complexity index is 613. The number of carbonyl (C=O) groups excluding carboxylic acids is 1. The second-order valence-corrected chi connectivity index (χ2v) is 4.34. The number of amides is 1. The lowest BCUT2D eigenvalue weighted by atomic mass is 10.2. The molecule has 5 nitrogen and oxygen atoms in total. The first-order chi connectivity index (χ1) is 10.3. The lowest BCUT2D eigenvalue weighted by Crippen LogP contribution is -2.25. The van der Waals surface area contributed by atoms with Crippen LogP contribution in [0.4, 0.5) is 11.5 Å². The maximum Gasteiger partial charge on any atom is 0.270 e. The van der Waals surface area contributed by atoms with Gasteiger partial charge in [-0.25, -0.2) is 9.97 Å². The number of anilines is 2. The molecule has 0 aliphatic rings. The van der Waals surface area contributed by atoms with Gasteiger partial charge in [0.1, 0.15) is 17.8 Å². The highest BCUT2D eigenvalue weighted by molar-refractivity contribution is 5.93. The zero-order valence-electron chi connectivity index (χ0n) is 12.0. The van der Waals surface area contributed by atoms with Crippen LogP contribution in [0.15, 0.2) is 55.4 Å². The molecule has 2 aromatic rings. The summed E-state index contributed by atoms with van der Waals surface area (Å²) in [7, 11) is 0. The summed E-state index contributed by atoms with van der Waals surface area (Å²) in [5.74, 6) is 0.463. The average molecular weight is 282 g/mol. The molecule has 0 radical (unpaired) electrons. The highest BCUT2D eigenvalue weighted by Crippen LogP contribution is 2.22.